The second-order valence-corrected chi connectivity index (χ2v) is 8.62. The van der Waals surface area contributed by atoms with E-state index in [1.807, 2.05) is 0 Å². The van der Waals surface area contributed by atoms with Crippen LogP contribution in [0.3, 0.4) is 0 Å². The Hall–Kier alpha value is -3.24. The number of nitrogens with one attached hydrogen (secondary N) is 2. The number of amides is 1. The minimum Gasteiger partial charge on any atom is -0.497 e. The van der Waals surface area contributed by atoms with Gasteiger partial charge in [0.05, 0.1) is 28.8 Å². The summed E-state index contributed by atoms with van der Waals surface area (Å²) in [6, 6.07) is 13.5. The summed E-state index contributed by atoms with van der Waals surface area (Å²) in [6.07, 6.45) is -4.59. The third-order valence-electron chi connectivity index (χ3n) is 4.29. The van der Waals surface area contributed by atoms with Gasteiger partial charge in [0.15, 0.2) is 0 Å². The van der Waals surface area contributed by atoms with Crippen LogP contribution in [-0.2, 0) is 16.2 Å². The van der Waals surface area contributed by atoms with Crippen molar-refractivity contribution in [2.45, 2.75) is 11.1 Å². The first-order chi connectivity index (χ1) is 15.0. The van der Waals surface area contributed by atoms with Gasteiger partial charge in [-0.15, -0.1) is 0 Å². The van der Waals surface area contributed by atoms with Gasteiger partial charge in [0.1, 0.15) is 5.75 Å². The lowest BCUT2D eigenvalue weighted by atomic mass is 10.1. The maximum absolute atomic E-state index is 12.9. The lowest BCUT2D eigenvalue weighted by Gasteiger charge is -2.14. The van der Waals surface area contributed by atoms with E-state index >= 15 is 0 Å². The van der Waals surface area contributed by atoms with E-state index in [0.717, 1.165) is 18.2 Å². The van der Waals surface area contributed by atoms with Gasteiger partial charge < -0.3 is 10.1 Å². The van der Waals surface area contributed by atoms with E-state index in [9.17, 15) is 26.4 Å². The number of hydrogen-bond acceptors (Lipinski definition) is 4. The van der Waals surface area contributed by atoms with Gasteiger partial charge >= 0.3 is 6.18 Å². The smallest absolute Gasteiger partial charge is 0.416 e. The number of sulfonamides is 1. The lowest BCUT2D eigenvalue weighted by molar-refractivity contribution is -0.137. The van der Waals surface area contributed by atoms with Crippen LogP contribution in [-0.4, -0.2) is 21.4 Å². The average molecular weight is 485 g/mol. The largest absolute Gasteiger partial charge is 0.497 e. The van der Waals surface area contributed by atoms with Gasteiger partial charge in [-0.2, -0.15) is 13.2 Å². The topological polar surface area (TPSA) is 84.5 Å². The average Bonchev–Trinajstić information content (AvgIpc) is 2.74. The Morgan fingerprint density at radius 2 is 1.69 bits per heavy atom. The lowest BCUT2D eigenvalue weighted by Crippen LogP contribution is -2.19. The molecule has 6 nitrogen and oxygen atoms in total. The van der Waals surface area contributed by atoms with Crippen LogP contribution in [0.1, 0.15) is 15.9 Å². The highest BCUT2D eigenvalue weighted by molar-refractivity contribution is 7.92. The van der Waals surface area contributed by atoms with E-state index in [4.69, 9.17) is 16.3 Å². The van der Waals surface area contributed by atoms with E-state index in [0.29, 0.717) is 5.75 Å². The molecule has 0 saturated heterocycles. The number of carbonyl (C=O) groups excluding carboxylic acids is 1. The molecule has 3 rings (SSSR count). The van der Waals surface area contributed by atoms with Gasteiger partial charge in [0, 0.05) is 10.7 Å². The van der Waals surface area contributed by atoms with Crippen molar-refractivity contribution in [3.63, 3.8) is 0 Å². The monoisotopic (exact) mass is 484 g/mol. The van der Waals surface area contributed by atoms with Crippen LogP contribution in [0, 0.1) is 0 Å². The van der Waals surface area contributed by atoms with Gasteiger partial charge in [-0.05, 0) is 60.7 Å². The molecule has 0 saturated carbocycles. The molecule has 0 aromatic heterocycles. The quantitative estimate of drug-likeness (QED) is 0.489. The van der Waals surface area contributed by atoms with Gasteiger partial charge in [-0.3, -0.25) is 9.52 Å². The molecule has 0 heterocycles. The number of carbonyl (C=O) groups is 1. The molecule has 168 valence electrons. The number of anilines is 2. The predicted molar refractivity (Wildman–Crippen MR) is 115 cm³/mol. The zero-order valence-corrected chi connectivity index (χ0v) is 18.0. The molecular weight excluding hydrogens is 469 g/mol. The minimum atomic E-state index is -4.59. The van der Waals surface area contributed by atoms with Crippen molar-refractivity contribution < 1.29 is 31.1 Å². The molecule has 0 aliphatic rings. The van der Waals surface area contributed by atoms with Crippen molar-refractivity contribution in [1.29, 1.82) is 0 Å². The fraction of sp³-hybridized carbons (Fsp3) is 0.0952. The molecule has 2 N–H and O–H groups in total. The zero-order valence-electron chi connectivity index (χ0n) is 16.4. The number of methoxy groups -OCH3 is 1. The van der Waals surface area contributed by atoms with Crippen molar-refractivity contribution in [2.75, 3.05) is 17.1 Å². The molecule has 0 spiro atoms. The zero-order chi connectivity index (χ0) is 23.5. The summed E-state index contributed by atoms with van der Waals surface area (Å²) >= 11 is 5.95. The van der Waals surface area contributed by atoms with E-state index in [1.165, 1.54) is 55.6 Å². The van der Waals surface area contributed by atoms with Gasteiger partial charge in [0.2, 0.25) is 0 Å². The maximum atomic E-state index is 12.9. The van der Waals surface area contributed by atoms with Crippen molar-refractivity contribution in [3.8, 4) is 5.75 Å². The van der Waals surface area contributed by atoms with E-state index in [1.54, 1.807) is 0 Å². The normalized spacial score (nSPS) is 11.7. The summed E-state index contributed by atoms with van der Waals surface area (Å²) in [5.74, 6) is -0.393. The molecule has 0 unspecified atom stereocenters. The van der Waals surface area contributed by atoms with Crippen LogP contribution >= 0.6 is 11.6 Å². The van der Waals surface area contributed by atoms with Crippen molar-refractivity contribution in [1.82, 2.24) is 0 Å². The van der Waals surface area contributed by atoms with Crippen LogP contribution in [0.2, 0.25) is 5.02 Å². The molecule has 0 bridgehead atoms. The Morgan fingerprint density at radius 1 is 1.00 bits per heavy atom. The van der Waals surface area contributed by atoms with Gasteiger partial charge in [0.25, 0.3) is 15.9 Å². The third-order valence-corrected chi connectivity index (χ3v) is 5.90. The van der Waals surface area contributed by atoms with Crippen LogP contribution < -0.4 is 14.8 Å². The number of halogens is 4. The summed E-state index contributed by atoms with van der Waals surface area (Å²) < 4.78 is 71.5. The summed E-state index contributed by atoms with van der Waals surface area (Å²) in [4.78, 5) is 12.7. The van der Waals surface area contributed by atoms with Gasteiger partial charge in [-0.25, -0.2) is 8.42 Å². The number of hydrogen-bond donors (Lipinski definition) is 2. The fourth-order valence-electron chi connectivity index (χ4n) is 2.72. The maximum Gasteiger partial charge on any atom is 0.416 e. The number of rotatable bonds is 6. The van der Waals surface area contributed by atoms with Crippen LogP contribution in [0.4, 0.5) is 24.5 Å². The number of alkyl halides is 3. The molecule has 0 fully saturated rings. The molecular formula is C21H16ClF3N2O4S. The second kappa shape index (κ2) is 9.09. The first-order valence-electron chi connectivity index (χ1n) is 8.94. The molecule has 1 amide bonds. The van der Waals surface area contributed by atoms with E-state index < -0.39 is 27.7 Å². The van der Waals surface area contributed by atoms with E-state index in [2.05, 4.69) is 10.0 Å². The van der Waals surface area contributed by atoms with Crippen LogP contribution in [0.5, 0.6) is 5.75 Å². The highest BCUT2D eigenvalue weighted by atomic mass is 35.5. The summed E-state index contributed by atoms with van der Waals surface area (Å²) in [6.45, 7) is 0. The van der Waals surface area contributed by atoms with Crippen molar-refractivity contribution >= 4 is 38.9 Å². The summed E-state index contributed by atoms with van der Waals surface area (Å²) in [5, 5.41) is 2.46. The van der Waals surface area contributed by atoms with E-state index in [-0.39, 0.29) is 26.9 Å². The SMILES string of the molecule is COc1ccc(S(=O)(=O)Nc2ccc(Cl)cc2C(=O)Nc2cccc(C(F)(F)F)c2)cc1. The molecule has 3 aromatic carbocycles. The summed E-state index contributed by atoms with van der Waals surface area (Å²) in [5.41, 5.74) is -1.34. The first kappa shape index (κ1) is 23.4. The Kier molecular flexibility index (Phi) is 6.65. The molecule has 32 heavy (non-hydrogen) atoms. The Bertz CT molecular complexity index is 1250. The molecule has 0 atom stereocenters. The Labute approximate surface area is 187 Å². The Morgan fingerprint density at radius 3 is 2.31 bits per heavy atom. The van der Waals surface area contributed by atoms with Crippen molar-refractivity contribution in [2.24, 2.45) is 0 Å². The van der Waals surface area contributed by atoms with Gasteiger partial charge in [-0.1, -0.05) is 17.7 Å². The highest BCUT2D eigenvalue weighted by Gasteiger charge is 2.30. The number of benzene rings is 3. The molecule has 0 aliphatic heterocycles. The van der Waals surface area contributed by atoms with Crippen molar-refractivity contribution in [3.05, 3.63) is 82.9 Å². The van der Waals surface area contributed by atoms with Crippen LogP contribution in [0.15, 0.2) is 71.6 Å². The van der Waals surface area contributed by atoms with Crippen LogP contribution in [0.25, 0.3) is 0 Å². The first-order valence-corrected chi connectivity index (χ1v) is 10.8. The molecule has 0 radical (unpaired) electrons. The summed E-state index contributed by atoms with van der Waals surface area (Å²) in [7, 11) is -2.65. The predicted octanol–water partition coefficient (Wildman–Crippen LogP) is 5.42. The second-order valence-electron chi connectivity index (χ2n) is 6.50. The molecule has 3 aromatic rings. The molecule has 0 aliphatic carbocycles. The molecule has 11 heteroatoms. The Balaban J connectivity index is 1.90. The third kappa shape index (κ3) is 5.51. The standard InChI is InChI=1S/C21H16ClF3N2O4S/c1-31-16-6-8-17(9-7-16)32(29,30)27-19-10-5-14(22)12-18(19)20(28)26-15-4-2-3-13(11-15)21(23,24)25/h2-12,27H,1H3,(H,26,28). The number of ether oxygens (including phenoxy) is 1. The fourth-order valence-corrected chi connectivity index (χ4v) is 3.98. The minimum absolute atomic E-state index is 0.0857. The highest BCUT2D eigenvalue weighted by Crippen LogP contribution is 2.31.